The molecular weight excluding hydrogens is 390 g/mol. The topological polar surface area (TPSA) is 91.0 Å². The zero-order chi connectivity index (χ0) is 21.0. The molecule has 168 valence electrons. The number of nitrogens with one attached hydrogen (secondary N) is 2. The fraction of sp³-hybridized carbons (Fsp3) is 0.833. The largest absolute Gasteiger partial charge is 0.355 e. The molecule has 2 heterocycles. The Balaban J connectivity index is 0.959. The summed E-state index contributed by atoms with van der Waals surface area (Å²) in [6, 6.07) is 0. The van der Waals surface area contributed by atoms with Crippen molar-refractivity contribution in [3.63, 3.8) is 0 Å². The Kier molecular flexibility index (Phi) is 4.83. The lowest BCUT2D eigenvalue weighted by Crippen LogP contribution is -2.53. The van der Waals surface area contributed by atoms with Crippen molar-refractivity contribution in [2.45, 2.75) is 82.5 Å². The normalized spacial score (nSPS) is 34.8. The summed E-state index contributed by atoms with van der Waals surface area (Å²) < 4.78 is 0. The fourth-order valence-corrected chi connectivity index (χ4v) is 7.41. The Labute approximate surface area is 184 Å². The monoisotopic (exact) mass is 425 g/mol. The number of likely N-dealkylation sites (tertiary alicyclic amines) is 1. The second-order valence-electron chi connectivity index (χ2n) is 11.2. The highest BCUT2D eigenvalue weighted by molar-refractivity contribution is 5.84. The van der Waals surface area contributed by atoms with Gasteiger partial charge in [-0.15, -0.1) is 0 Å². The van der Waals surface area contributed by atoms with Crippen molar-refractivity contribution in [1.82, 2.24) is 25.4 Å². The predicted octanol–water partition coefficient (Wildman–Crippen LogP) is 3.11. The number of hydrogen-bond acceptors (Lipinski definition) is 4. The first-order chi connectivity index (χ1) is 15.1. The number of hydrogen-bond donors (Lipinski definition) is 2. The number of aromatic nitrogens is 3. The number of aromatic amines is 1. The summed E-state index contributed by atoms with van der Waals surface area (Å²) in [6.45, 7) is 2.02. The van der Waals surface area contributed by atoms with Crippen molar-refractivity contribution < 1.29 is 9.59 Å². The van der Waals surface area contributed by atoms with Gasteiger partial charge in [0.15, 0.2) is 5.82 Å². The molecule has 1 aromatic rings. The highest BCUT2D eigenvalue weighted by Gasteiger charge is 2.54. The number of amides is 2. The first-order valence-electron chi connectivity index (χ1n) is 12.6. The number of piperidine rings is 1. The molecule has 7 rings (SSSR count). The molecule has 0 spiro atoms. The third-order valence-corrected chi connectivity index (χ3v) is 8.84. The van der Waals surface area contributed by atoms with Gasteiger partial charge >= 0.3 is 0 Å². The molecule has 2 N–H and O–H groups in total. The summed E-state index contributed by atoms with van der Waals surface area (Å²) >= 11 is 0. The van der Waals surface area contributed by atoms with E-state index in [4.69, 9.17) is 4.98 Å². The van der Waals surface area contributed by atoms with Crippen LogP contribution in [0.25, 0.3) is 0 Å². The molecule has 5 saturated carbocycles. The molecule has 1 aliphatic heterocycles. The minimum Gasteiger partial charge on any atom is -0.355 e. The molecule has 1 saturated heterocycles. The lowest BCUT2D eigenvalue weighted by atomic mass is 9.49. The van der Waals surface area contributed by atoms with Crippen LogP contribution in [-0.4, -0.2) is 51.5 Å². The Morgan fingerprint density at radius 2 is 1.61 bits per heavy atom. The maximum atomic E-state index is 13.1. The van der Waals surface area contributed by atoms with Gasteiger partial charge in [-0.05, 0) is 82.0 Å². The summed E-state index contributed by atoms with van der Waals surface area (Å²) in [5.74, 6) is 5.62. The summed E-state index contributed by atoms with van der Waals surface area (Å²) in [5, 5.41) is 10.7. The van der Waals surface area contributed by atoms with Gasteiger partial charge in [0.2, 0.25) is 11.8 Å². The van der Waals surface area contributed by atoms with Crippen LogP contribution in [0.4, 0.5) is 0 Å². The highest BCUT2D eigenvalue weighted by Crippen LogP contribution is 2.60. The van der Waals surface area contributed by atoms with Crippen molar-refractivity contribution in [2.75, 3.05) is 19.6 Å². The van der Waals surface area contributed by atoms with E-state index in [1.54, 1.807) is 0 Å². The number of rotatable bonds is 6. The van der Waals surface area contributed by atoms with Gasteiger partial charge in [0.05, 0.1) is 0 Å². The quantitative estimate of drug-likeness (QED) is 0.733. The zero-order valence-electron chi connectivity index (χ0n) is 18.4. The van der Waals surface area contributed by atoms with Crippen LogP contribution < -0.4 is 5.32 Å². The molecule has 0 atom stereocenters. The van der Waals surface area contributed by atoms with Crippen molar-refractivity contribution in [3.8, 4) is 0 Å². The van der Waals surface area contributed by atoms with Gasteiger partial charge in [-0.25, -0.2) is 4.98 Å². The van der Waals surface area contributed by atoms with Gasteiger partial charge in [0, 0.05) is 43.3 Å². The lowest BCUT2D eigenvalue weighted by molar-refractivity contribution is -0.146. The summed E-state index contributed by atoms with van der Waals surface area (Å²) in [5.41, 5.74) is -0.119. The van der Waals surface area contributed by atoms with E-state index in [0.717, 1.165) is 74.6 Å². The predicted molar refractivity (Wildman–Crippen MR) is 115 cm³/mol. The molecule has 5 aliphatic carbocycles. The molecule has 31 heavy (non-hydrogen) atoms. The average Bonchev–Trinajstić information content (AvgIpc) is 3.49. The SMILES string of the molecule is O=C(CCNC(=O)C12CC3CC(CC(C3)C1)C2)N1CCC(c2nc(C3CC3)n[nH]2)CC1. The minimum absolute atomic E-state index is 0.119. The standard InChI is InChI=1S/C24H35N5O2/c30-20(29-7-4-19(5-8-29)22-26-21(27-28-22)18-1-2-18)3-6-25-23(31)24-12-15-9-16(13-24)11-17(10-15)14-24/h15-19H,1-14H2,(H,25,31)(H,26,27,28). The van der Waals surface area contributed by atoms with Gasteiger partial charge in [0.25, 0.3) is 0 Å². The number of carbonyl (C=O) groups excluding carboxylic acids is 2. The van der Waals surface area contributed by atoms with E-state index in [1.807, 2.05) is 4.90 Å². The highest BCUT2D eigenvalue weighted by atomic mass is 16.2. The van der Waals surface area contributed by atoms with Crippen LogP contribution in [0.5, 0.6) is 0 Å². The van der Waals surface area contributed by atoms with Crippen molar-refractivity contribution in [1.29, 1.82) is 0 Å². The summed E-state index contributed by atoms with van der Waals surface area (Å²) in [7, 11) is 0. The fourth-order valence-electron chi connectivity index (χ4n) is 7.41. The lowest BCUT2D eigenvalue weighted by Gasteiger charge is -2.55. The smallest absolute Gasteiger partial charge is 0.226 e. The van der Waals surface area contributed by atoms with Crippen molar-refractivity contribution in [2.24, 2.45) is 23.2 Å². The van der Waals surface area contributed by atoms with E-state index in [2.05, 4.69) is 15.5 Å². The van der Waals surface area contributed by atoms with E-state index in [1.165, 1.54) is 32.1 Å². The van der Waals surface area contributed by atoms with Crippen LogP contribution in [0.3, 0.4) is 0 Å². The minimum atomic E-state index is -0.119. The third kappa shape index (κ3) is 3.78. The van der Waals surface area contributed by atoms with Gasteiger partial charge in [-0.1, -0.05) is 0 Å². The Hall–Kier alpha value is -1.92. The molecule has 2 amide bonds. The Morgan fingerprint density at radius 3 is 2.23 bits per heavy atom. The number of nitrogens with zero attached hydrogens (tertiary/aromatic N) is 3. The van der Waals surface area contributed by atoms with Crippen LogP contribution in [0, 0.1) is 23.2 Å². The van der Waals surface area contributed by atoms with Gasteiger partial charge < -0.3 is 10.2 Å². The average molecular weight is 426 g/mol. The van der Waals surface area contributed by atoms with E-state index >= 15 is 0 Å². The first-order valence-corrected chi connectivity index (χ1v) is 12.6. The number of H-pyrrole nitrogens is 1. The first kappa shape index (κ1) is 19.7. The molecular formula is C24H35N5O2. The van der Waals surface area contributed by atoms with Gasteiger partial charge in [0.1, 0.15) is 5.82 Å². The second-order valence-corrected chi connectivity index (χ2v) is 11.2. The molecule has 4 bridgehead atoms. The van der Waals surface area contributed by atoms with Crippen LogP contribution >= 0.6 is 0 Å². The molecule has 0 aromatic carbocycles. The maximum Gasteiger partial charge on any atom is 0.226 e. The maximum absolute atomic E-state index is 13.1. The third-order valence-electron chi connectivity index (χ3n) is 8.84. The van der Waals surface area contributed by atoms with E-state index in [9.17, 15) is 9.59 Å². The van der Waals surface area contributed by atoms with Gasteiger partial charge in [-0.3, -0.25) is 14.7 Å². The molecule has 0 radical (unpaired) electrons. The summed E-state index contributed by atoms with van der Waals surface area (Å²) in [4.78, 5) is 32.4. The Bertz CT molecular complexity index is 817. The van der Waals surface area contributed by atoms with Gasteiger partial charge in [-0.2, -0.15) is 5.10 Å². The molecule has 0 unspecified atom stereocenters. The second kappa shape index (κ2) is 7.59. The molecule has 6 aliphatic rings. The van der Waals surface area contributed by atoms with E-state index < -0.39 is 0 Å². The zero-order valence-corrected chi connectivity index (χ0v) is 18.4. The van der Waals surface area contributed by atoms with Crippen LogP contribution in [-0.2, 0) is 9.59 Å². The van der Waals surface area contributed by atoms with E-state index in [-0.39, 0.29) is 17.2 Å². The summed E-state index contributed by atoms with van der Waals surface area (Å²) in [6.07, 6.45) is 12.0. The van der Waals surface area contributed by atoms with Crippen LogP contribution in [0.1, 0.15) is 94.1 Å². The van der Waals surface area contributed by atoms with Crippen LogP contribution in [0.15, 0.2) is 0 Å². The van der Waals surface area contributed by atoms with Crippen molar-refractivity contribution in [3.05, 3.63) is 11.6 Å². The molecule has 7 nitrogen and oxygen atoms in total. The molecule has 6 fully saturated rings. The molecule has 7 heteroatoms. The van der Waals surface area contributed by atoms with E-state index in [0.29, 0.717) is 24.8 Å². The Morgan fingerprint density at radius 1 is 0.968 bits per heavy atom. The van der Waals surface area contributed by atoms with Crippen molar-refractivity contribution >= 4 is 11.8 Å². The number of carbonyl (C=O) groups is 2. The molecule has 1 aromatic heterocycles. The van der Waals surface area contributed by atoms with Crippen LogP contribution in [0.2, 0.25) is 0 Å².